The van der Waals surface area contributed by atoms with Crippen molar-refractivity contribution in [2.45, 2.75) is 83.7 Å². The molecule has 3 N–H and O–H groups in total. The highest BCUT2D eigenvalue weighted by molar-refractivity contribution is 6.12. The molecule has 222 valence electrons. The Kier molecular flexibility index (Phi) is 13.4. The van der Waals surface area contributed by atoms with Gasteiger partial charge in [0, 0.05) is 58.2 Å². The number of amides is 5. The second kappa shape index (κ2) is 17.5. The van der Waals surface area contributed by atoms with Crippen molar-refractivity contribution in [2.24, 2.45) is 0 Å². The lowest BCUT2D eigenvalue weighted by molar-refractivity contribution is -0.137. The van der Waals surface area contributed by atoms with E-state index >= 15 is 0 Å². The van der Waals surface area contributed by atoms with E-state index in [2.05, 4.69) is 16.0 Å². The maximum atomic E-state index is 12.9. The van der Waals surface area contributed by atoms with Gasteiger partial charge in [-0.25, -0.2) is 0 Å². The Hall–Kier alpha value is -4.15. The van der Waals surface area contributed by atoms with Crippen molar-refractivity contribution in [1.29, 1.82) is 0 Å². The van der Waals surface area contributed by atoms with E-state index in [4.69, 9.17) is 1.37 Å². The van der Waals surface area contributed by atoms with Crippen LogP contribution < -0.4 is 16.0 Å². The quantitative estimate of drug-likeness (QED) is 0.168. The number of nitrogens with zero attached hydrogens (tertiary/aromatic N) is 1. The minimum absolute atomic E-state index is 0.0279. The zero-order valence-corrected chi connectivity index (χ0v) is 23.5. The van der Waals surface area contributed by atoms with Gasteiger partial charge in [-0.3, -0.25) is 38.5 Å². The second-order valence-electron chi connectivity index (χ2n) is 10.0. The minimum atomic E-state index is -0.867. The SMILES string of the molecule is [2H]C[C@@H](C)NC(=O)CCC(=O)[C@H](Cc1ccccc1)NC(=O)CCC(=O)CNC(=O)CCCCCN1C(=O)C=CC1=O. The minimum Gasteiger partial charge on any atom is -0.354 e. The standard InChI is InChI=1S/C30H40N4O7/c1-21(2)32-27(38)15-13-25(36)24(19-22-9-5-3-6-10-22)33-28(39)14-12-23(35)20-31-26(37)11-7-4-8-18-34-29(40)16-17-30(34)41/h3,5-6,9-10,16-17,21,24H,4,7-8,11-15,18-20H2,1-2H3,(H,31,37)(H,32,38)(H,33,39)/t24-/m0/s1/i1D/t21-,24-. The molecule has 0 saturated carbocycles. The van der Waals surface area contributed by atoms with Crippen LogP contribution in [0.25, 0.3) is 0 Å². The average molecular weight is 570 g/mol. The van der Waals surface area contributed by atoms with Crippen LogP contribution in [0.5, 0.6) is 0 Å². The van der Waals surface area contributed by atoms with Gasteiger partial charge in [0.25, 0.3) is 11.8 Å². The molecular weight excluding hydrogens is 528 g/mol. The molecule has 0 aliphatic carbocycles. The van der Waals surface area contributed by atoms with E-state index in [1.165, 1.54) is 12.2 Å². The summed E-state index contributed by atoms with van der Waals surface area (Å²) in [6.07, 6.45) is 4.23. The number of rotatable bonds is 19. The Morgan fingerprint density at radius 1 is 0.805 bits per heavy atom. The van der Waals surface area contributed by atoms with Crippen molar-refractivity contribution < 1.29 is 34.9 Å². The monoisotopic (exact) mass is 569 g/mol. The summed E-state index contributed by atoms with van der Waals surface area (Å²) in [4.78, 5) is 86.0. The zero-order valence-electron chi connectivity index (χ0n) is 24.5. The van der Waals surface area contributed by atoms with Crippen molar-refractivity contribution in [2.75, 3.05) is 13.1 Å². The van der Waals surface area contributed by atoms with E-state index in [1.54, 1.807) is 6.92 Å². The molecule has 41 heavy (non-hydrogen) atoms. The molecule has 2 rings (SSSR count). The molecule has 0 bridgehead atoms. The van der Waals surface area contributed by atoms with Crippen LogP contribution in [0.4, 0.5) is 0 Å². The molecule has 0 aromatic heterocycles. The number of carbonyl (C=O) groups is 7. The van der Waals surface area contributed by atoms with Gasteiger partial charge in [0.15, 0.2) is 11.6 Å². The highest BCUT2D eigenvalue weighted by Crippen LogP contribution is 2.09. The fraction of sp³-hybridized carbons (Fsp3) is 0.500. The average Bonchev–Trinajstić information content (AvgIpc) is 3.29. The number of imide groups is 1. The number of carbonyl (C=O) groups excluding carboxylic acids is 7. The van der Waals surface area contributed by atoms with Crippen LogP contribution in [0, 0.1) is 0 Å². The predicted octanol–water partition coefficient (Wildman–Crippen LogP) is 1.54. The Labute approximate surface area is 241 Å². The lowest BCUT2D eigenvalue weighted by Gasteiger charge is -2.18. The van der Waals surface area contributed by atoms with Crippen molar-refractivity contribution in [3.63, 3.8) is 0 Å². The van der Waals surface area contributed by atoms with Gasteiger partial charge in [0.05, 0.1) is 12.6 Å². The third kappa shape index (κ3) is 13.2. The topological polar surface area (TPSA) is 159 Å². The zero-order chi connectivity index (χ0) is 30.9. The molecule has 1 aliphatic heterocycles. The highest BCUT2D eigenvalue weighted by Gasteiger charge is 2.23. The van der Waals surface area contributed by atoms with E-state index in [0.29, 0.717) is 25.8 Å². The van der Waals surface area contributed by atoms with E-state index in [1.807, 2.05) is 30.3 Å². The molecule has 2 atom stereocenters. The summed E-state index contributed by atoms with van der Waals surface area (Å²) in [6.45, 7) is 1.81. The smallest absolute Gasteiger partial charge is 0.253 e. The number of nitrogens with one attached hydrogen (secondary N) is 3. The summed E-state index contributed by atoms with van der Waals surface area (Å²) >= 11 is 0. The Morgan fingerprint density at radius 2 is 1.46 bits per heavy atom. The maximum Gasteiger partial charge on any atom is 0.253 e. The lowest BCUT2D eigenvalue weighted by Crippen LogP contribution is -2.43. The first-order valence-electron chi connectivity index (χ1n) is 14.6. The summed E-state index contributed by atoms with van der Waals surface area (Å²) in [5.74, 6) is -2.44. The molecule has 0 saturated heterocycles. The summed E-state index contributed by atoms with van der Waals surface area (Å²) in [6, 6.07) is 7.94. The summed E-state index contributed by atoms with van der Waals surface area (Å²) in [5.41, 5.74) is 0.831. The van der Waals surface area contributed by atoms with Gasteiger partial charge in [-0.05, 0) is 38.6 Å². The molecule has 0 fully saturated rings. The van der Waals surface area contributed by atoms with E-state index in [0.717, 1.165) is 10.5 Å². The largest absolute Gasteiger partial charge is 0.354 e. The van der Waals surface area contributed by atoms with Crippen LogP contribution in [-0.4, -0.2) is 71.2 Å². The molecule has 1 heterocycles. The number of Topliss-reactive ketones (excluding diaryl/α,β-unsaturated/α-hetero) is 2. The van der Waals surface area contributed by atoms with Crippen LogP contribution in [0.15, 0.2) is 42.5 Å². The first-order chi connectivity index (χ1) is 20.1. The van der Waals surface area contributed by atoms with E-state index < -0.39 is 11.9 Å². The van der Waals surface area contributed by atoms with Gasteiger partial charge in [0.1, 0.15) is 0 Å². The number of benzene rings is 1. The third-order valence-electron chi connectivity index (χ3n) is 6.31. The van der Waals surface area contributed by atoms with Gasteiger partial charge in [-0.2, -0.15) is 0 Å². The molecule has 0 radical (unpaired) electrons. The van der Waals surface area contributed by atoms with Gasteiger partial charge in [0.2, 0.25) is 17.7 Å². The molecular formula is C30H40N4O7. The van der Waals surface area contributed by atoms with Gasteiger partial charge < -0.3 is 16.0 Å². The van der Waals surface area contributed by atoms with Crippen LogP contribution in [0.3, 0.4) is 0 Å². The Bertz CT molecular complexity index is 1140. The van der Waals surface area contributed by atoms with Crippen LogP contribution in [-0.2, 0) is 40.0 Å². The van der Waals surface area contributed by atoms with Crippen LogP contribution in [0.1, 0.15) is 72.1 Å². The number of hydrogen-bond donors (Lipinski definition) is 3. The third-order valence-corrected chi connectivity index (χ3v) is 6.31. The first-order valence-corrected chi connectivity index (χ1v) is 13.9. The molecule has 0 spiro atoms. The fourth-order valence-electron chi connectivity index (χ4n) is 4.13. The lowest BCUT2D eigenvalue weighted by atomic mass is 9.99. The normalized spacial score (nSPS) is 14.3. The van der Waals surface area contributed by atoms with Crippen molar-refractivity contribution in [1.82, 2.24) is 20.9 Å². The summed E-state index contributed by atoms with van der Waals surface area (Å²) < 4.78 is 7.29. The van der Waals surface area contributed by atoms with E-state index in [9.17, 15) is 33.6 Å². The summed E-state index contributed by atoms with van der Waals surface area (Å²) in [5, 5.41) is 7.86. The van der Waals surface area contributed by atoms with Crippen LogP contribution in [0.2, 0.25) is 0 Å². The van der Waals surface area contributed by atoms with Gasteiger partial charge >= 0.3 is 0 Å². The van der Waals surface area contributed by atoms with E-state index in [-0.39, 0.29) is 93.2 Å². The van der Waals surface area contributed by atoms with Gasteiger partial charge in [-0.1, -0.05) is 36.8 Å². The molecule has 11 nitrogen and oxygen atoms in total. The molecule has 0 unspecified atom stereocenters. The van der Waals surface area contributed by atoms with Crippen LogP contribution >= 0.6 is 0 Å². The molecule has 11 heteroatoms. The van der Waals surface area contributed by atoms with Gasteiger partial charge in [-0.15, -0.1) is 0 Å². The number of ketones is 2. The molecule has 1 aromatic carbocycles. The Morgan fingerprint density at radius 3 is 2.15 bits per heavy atom. The molecule has 1 aliphatic rings. The van der Waals surface area contributed by atoms with Crippen molar-refractivity contribution in [3.05, 3.63) is 48.0 Å². The fourth-order valence-corrected chi connectivity index (χ4v) is 4.13. The first kappa shape index (κ1) is 31.4. The summed E-state index contributed by atoms with van der Waals surface area (Å²) in [7, 11) is 0. The Balaban J connectivity index is 1.70. The molecule has 5 amide bonds. The predicted molar refractivity (Wildman–Crippen MR) is 151 cm³/mol. The second-order valence-corrected chi connectivity index (χ2v) is 10.0. The maximum absolute atomic E-state index is 12.9. The van der Waals surface area contributed by atoms with Crippen molar-refractivity contribution in [3.8, 4) is 0 Å². The number of unbranched alkanes of at least 4 members (excludes halogenated alkanes) is 2. The highest BCUT2D eigenvalue weighted by atomic mass is 16.2. The number of hydrogen-bond acceptors (Lipinski definition) is 7. The molecule has 1 aromatic rings. The van der Waals surface area contributed by atoms with Crippen molar-refractivity contribution >= 4 is 41.1 Å².